The number of aliphatic hydroxyl groups excluding tert-OH is 3. The zero-order valence-electron chi connectivity index (χ0n) is 15.2. The molecule has 25 heavy (non-hydrogen) atoms. The Hall–Kier alpha value is -1.01. The maximum absolute atomic E-state index is 13.7. The van der Waals surface area contributed by atoms with E-state index in [0.29, 0.717) is 11.5 Å². The summed E-state index contributed by atoms with van der Waals surface area (Å²) in [5.74, 6) is -0.288. The highest BCUT2D eigenvalue weighted by Gasteiger charge is 2.75. The largest absolute Gasteiger partial charge is 0.392 e. The van der Waals surface area contributed by atoms with E-state index < -0.39 is 35.7 Å². The van der Waals surface area contributed by atoms with E-state index in [0.717, 1.165) is 6.42 Å². The molecule has 2 saturated carbocycles. The van der Waals surface area contributed by atoms with Gasteiger partial charge in [0.05, 0.1) is 12.0 Å². The van der Waals surface area contributed by atoms with Crippen LogP contribution >= 0.6 is 0 Å². The number of Topliss-reactive ketones (excluding diaryl/α,β-unsaturated/α-hetero) is 1. The van der Waals surface area contributed by atoms with Gasteiger partial charge in [0.15, 0.2) is 5.78 Å². The van der Waals surface area contributed by atoms with Crippen molar-refractivity contribution in [2.45, 2.75) is 51.9 Å². The molecule has 4 N–H and O–H groups in total. The summed E-state index contributed by atoms with van der Waals surface area (Å²) in [6, 6.07) is 0. The second-order valence-corrected chi connectivity index (χ2v) is 9.27. The smallest absolute Gasteiger partial charge is 0.153 e. The molecule has 1 spiro atoms. The first-order chi connectivity index (χ1) is 11.5. The van der Waals surface area contributed by atoms with Crippen molar-refractivity contribution in [1.29, 1.82) is 0 Å². The van der Waals surface area contributed by atoms with Crippen LogP contribution < -0.4 is 0 Å². The molecule has 3 unspecified atom stereocenters. The van der Waals surface area contributed by atoms with Crippen LogP contribution in [0, 0.1) is 34.5 Å². The summed E-state index contributed by atoms with van der Waals surface area (Å²) in [5, 5.41) is 43.0. The van der Waals surface area contributed by atoms with E-state index in [1.807, 2.05) is 6.92 Å². The lowest BCUT2D eigenvalue weighted by molar-refractivity contribution is -0.190. The van der Waals surface area contributed by atoms with E-state index in [9.17, 15) is 25.2 Å². The maximum atomic E-state index is 13.7. The number of hydrogen-bond donors (Lipinski definition) is 4. The monoisotopic (exact) mass is 348 g/mol. The van der Waals surface area contributed by atoms with Gasteiger partial charge in [0.25, 0.3) is 0 Å². The third kappa shape index (κ3) is 1.71. The van der Waals surface area contributed by atoms with E-state index >= 15 is 0 Å². The third-order valence-corrected chi connectivity index (χ3v) is 7.93. The van der Waals surface area contributed by atoms with Crippen molar-refractivity contribution >= 4 is 5.78 Å². The van der Waals surface area contributed by atoms with Gasteiger partial charge in [0.1, 0.15) is 17.8 Å². The number of carbonyl (C=O) groups excluding carboxylic acids is 1. The van der Waals surface area contributed by atoms with Crippen LogP contribution in [-0.2, 0) is 4.79 Å². The highest BCUT2D eigenvalue weighted by atomic mass is 16.4. The van der Waals surface area contributed by atoms with Crippen molar-refractivity contribution in [1.82, 2.24) is 0 Å². The molecule has 8 atom stereocenters. The van der Waals surface area contributed by atoms with Gasteiger partial charge in [-0.25, -0.2) is 0 Å². The molecule has 0 aromatic rings. The molecule has 138 valence electrons. The molecule has 0 aromatic heterocycles. The van der Waals surface area contributed by atoms with Crippen LogP contribution in [0.4, 0.5) is 0 Å². The fraction of sp³-hybridized carbons (Fsp3) is 0.750. The lowest BCUT2D eigenvalue weighted by atomic mass is 9.59. The second kappa shape index (κ2) is 4.83. The van der Waals surface area contributed by atoms with Crippen LogP contribution in [-0.4, -0.2) is 50.6 Å². The molecule has 4 aliphatic rings. The van der Waals surface area contributed by atoms with Gasteiger partial charge in [-0.3, -0.25) is 4.79 Å². The Morgan fingerprint density at radius 3 is 2.48 bits per heavy atom. The molecule has 0 aromatic carbocycles. The molecule has 0 radical (unpaired) electrons. The molecule has 5 heteroatoms. The van der Waals surface area contributed by atoms with Crippen LogP contribution in [0.25, 0.3) is 0 Å². The predicted octanol–water partition coefficient (Wildman–Crippen LogP) is 0.815. The topological polar surface area (TPSA) is 98.0 Å². The van der Waals surface area contributed by atoms with E-state index in [1.54, 1.807) is 19.1 Å². The summed E-state index contributed by atoms with van der Waals surface area (Å²) >= 11 is 0. The number of hydrogen-bond acceptors (Lipinski definition) is 5. The number of carbonyl (C=O) groups is 1. The minimum Gasteiger partial charge on any atom is -0.392 e. The Kier molecular flexibility index (Phi) is 3.36. The van der Waals surface area contributed by atoms with Gasteiger partial charge in [-0.1, -0.05) is 32.9 Å². The van der Waals surface area contributed by atoms with Gasteiger partial charge in [-0.05, 0) is 47.7 Å². The van der Waals surface area contributed by atoms with Crippen LogP contribution in [0.2, 0.25) is 0 Å². The molecule has 0 heterocycles. The molecular weight excluding hydrogens is 320 g/mol. The molecule has 2 fully saturated rings. The molecule has 0 saturated heterocycles. The second-order valence-electron chi connectivity index (χ2n) is 9.27. The van der Waals surface area contributed by atoms with Gasteiger partial charge in [-0.15, -0.1) is 0 Å². The van der Waals surface area contributed by atoms with Crippen molar-refractivity contribution < 1.29 is 25.2 Å². The van der Waals surface area contributed by atoms with Crippen molar-refractivity contribution in [3.8, 4) is 0 Å². The van der Waals surface area contributed by atoms with Crippen LogP contribution in [0.5, 0.6) is 0 Å². The Morgan fingerprint density at radius 2 is 1.88 bits per heavy atom. The normalized spacial score (nSPS) is 53.2. The molecule has 0 amide bonds. The number of ketones is 1. The average molecular weight is 348 g/mol. The Balaban J connectivity index is 1.99. The van der Waals surface area contributed by atoms with Crippen molar-refractivity contribution in [3.05, 3.63) is 23.3 Å². The SMILES string of the molecule is CC1=C[C@@]23C(=O)[C@@H](C=C(CO)[C@@H](O)[C@]2(O)[C@H]1O)C1C(CC3C)C1(C)C. The van der Waals surface area contributed by atoms with Gasteiger partial charge in [-0.2, -0.15) is 0 Å². The molecular formula is C20H28O5. The van der Waals surface area contributed by atoms with E-state index in [2.05, 4.69) is 13.8 Å². The summed E-state index contributed by atoms with van der Waals surface area (Å²) < 4.78 is 0. The lowest BCUT2D eigenvalue weighted by Gasteiger charge is -2.48. The van der Waals surface area contributed by atoms with Gasteiger partial charge >= 0.3 is 0 Å². The highest BCUT2D eigenvalue weighted by Crippen LogP contribution is 2.71. The quantitative estimate of drug-likeness (QED) is 0.526. The summed E-state index contributed by atoms with van der Waals surface area (Å²) in [7, 11) is 0. The zero-order valence-corrected chi connectivity index (χ0v) is 15.2. The Morgan fingerprint density at radius 1 is 1.24 bits per heavy atom. The molecule has 5 nitrogen and oxygen atoms in total. The summed E-state index contributed by atoms with van der Waals surface area (Å²) in [6.07, 6.45) is 1.34. The lowest BCUT2D eigenvalue weighted by Crippen LogP contribution is -2.65. The summed E-state index contributed by atoms with van der Waals surface area (Å²) in [5.41, 5.74) is -2.58. The number of rotatable bonds is 1. The average Bonchev–Trinajstić information content (AvgIpc) is 3.05. The minimum atomic E-state index is -2.03. The highest BCUT2D eigenvalue weighted by molar-refractivity contribution is 5.95. The van der Waals surface area contributed by atoms with E-state index in [4.69, 9.17) is 0 Å². The predicted molar refractivity (Wildman–Crippen MR) is 91.4 cm³/mol. The van der Waals surface area contributed by atoms with Gasteiger partial charge in [0, 0.05) is 5.92 Å². The van der Waals surface area contributed by atoms with E-state index in [-0.39, 0.29) is 28.6 Å². The first kappa shape index (κ1) is 17.4. The number of allylic oxidation sites excluding steroid dienone is 1. The Bertz CT molecular complexity index is 707. The van der Waals surface area contributed by atoms with E-state index in [1.165, 1.54) is 0 Å². The zero-order chi connectivity index (χ0) is 18.5. The number of fused-ring (bicyclic) bond motifs is 3. The van der Waals surface area contributed by atoms with Gasteiger partial charge < -0.3 is 20.4 Å². The fourth-order valence-corrected chi connectivity index (χ4v) is 6.43. The van der Waals surface area contributed by atoms with Gasteiger partial charge in [0.2, 0.25) is 0 Å². The first-order valence-electron chi connectivity index (χ1n) is 9.18. The molecule has 0 aliphatic heterocycles. The van der Waals surface area contributed by atoms with Crippen LogP contribution in [0.1, 0.15) is 34.1 Å². The summed E-state index contributed by atoms with van der Waals surface area (Å²) in [4.78, 5) is 13.7. The van der Waals surface area contributed by atoms with Crippen LogP contribution in [0.3, 0.4) is 0 Å². The van der Waals surface area contributed by atoms with Crippen molar-refractivity contribution in [2.24, 2.45) is 34.5 Å². The third-order valence-electron chi connectivity index (χ3n) is 7.93. The van der Waals surface area contributed by atoms with Crippen LogP contribution in [0.15, 0.2) is 23.3 Å². The first-order valence-corrected chi connectivity index (χ1v) is 9.18. The summed E-state index contributed by atoms with van der Waals surface area (Å²) in [6.45, 7) is 7.50. The number of aliphatic hydroxyl groups is 4. The van der Waals surface area contributed by atoms with Crippen molar-refractivity contribution in [2.75, 3.05) is 6.61 Å². The minimum absolute atomic E-state index is 0.0245. The fourth-order valence-electron chi connectivity index (χ4n) is 6.43. The maximum Gasteiger partial charge on any atom is 0.153 e. The standard InChI is InChI=1S/C20H28O5/c1-9-7-19-10(2)5-13-14(18(13,3)4)12(17(19)24)6-11(8-21)16(23)20(19,25)15(9)22/h6-7,10,12-16,21-23,25H,5,8H2,1-4H3/t10?,12-,13?,14?,15-,16+,19+,20+/m0/s1. The molecule has 4 aliphatic carbocycles. The Labute approximate surface area is 148 Å². The molecule has 4 rings (SSSR count). The van der Waals surface area contributed by atoms with Crippen molar-refractivity contribution in [3.63, 3.8) is 0 Å². The molecule has 2 bridgehead atoms.